The van der Waals surface area contributed by atoms with Gasteiger partial charge in [-0.3, -0.25) is 0 Å². The quantitative estimate of drug-likeness (QED) is 0.509. The van der Waals surface area contributed by atoms with Crippen molar-refractivity contribution in [2.45, 2.75) is 11.4 Å². The smallest absolute Gasteiger partial charge is 0.0959 e. The van der Waals surface area contributed by atoms with Gasteiger partial charge in [-0.25, -0.2) is 10.1 Å². The fourth-order valence-electron chi connectivity index (χ4n) is 0.668. The number of pyridine rings is 1. The number of thioether (sulfide) groups is 1. The second kappa shape index (κ2) is 5.16. The van der Waals surface area contributed by atoms with E-state index in [2.05, 4.69) is 4.98 Å². The van der Waals surface area contributed by atoms with Crippen LogP contribution in [-0.2, 0) is 5.11 Å². The molecule has 0 aromatic carbocycles. The number of aromatic nitrogens is 1. The van der Waals surface area contributed by atoms with Crippen LogP contribution in [0.15, 0.2) is 29.4 Å². The van der Waals surface area contributed by atoms with Gasteiger partial charge in [0.25, 0.3) is 0 Å². The van der Waals surface area contributed by atoms with E-state index in [1.54, 1.807) is 18.0 Å². The third-order valence-corrected chi connectivity index (χ3v) is 2.21. The summed E-state index contributed by atoms with van der Waals surface area (Å²) in [7, 11) is 0. The van der Waals surface area contributed by atoms with Crippen LogP contribution in [0, 0.1) is 0 Å². The third kappa shape index (κ3) is 3.39. The van der Waals surface area contributed by atoms with E-state index in [-0.39, 0.29) is 6.61 Å². The fraction of sp³-hybridized carbons (Fsp3) is 0.375. The molecule has 0 unspecified atom stereocenters. The molecule has 0 fully saturated rings. The van der Waals surface area contributed by atoms with Crippen LogP contribution in [0.1, 0.15) is 6.42 Å². The van der Waals surface area contributed by atoms with Crippen LogP contribution >= 0.6 is 11.8 Å². The van der Waals surface area contributed by atoms with Gasteiger partial charge in [0, 0.05) is 11.9 Å². The van der Waals surface area contributed by atoms with Crippen LogP contribution in [-0.4, -0.2) is 17.3 Å². The molecule has 0 N–H and O–H groups in total. The van der Waals surface area contributed by atoms with Gasteiger partial charge in [0.05, 0.1) is 11.6 Å². The van der Waals surface area contributed by atoms with E-state index in [0.717, 1.165) is 17.2 Å². The first kappa shape index (κ1) is 8.56. The normalized spacial score (nSPS) is 9.91. The van der Waals surface area contributed by atoms with E-state index in [1.807, 2.05) is 18.2 Å². The maximum atomic E-state index is 10.1. The van der Waals surface area contributed by atoms with Gasteiger partial charge in [0.1, 0.15) is 0 Å². The van der Waals surface area contributed by atoms with Crippen molar-refractivity contribution >= 4 is 11.8 Å². The first-order valence-electron chi connectivity index (χ1n) is 3.55. The summed E-state index contributed by atoms with van der Waals surface area (Å²) in [4.78, 5) is 4.11. The van der Waals surface area contributed by atoms with Crippen molar-refractivity contribution in [3.63, 3.8) is 0 Å². The summed E-state index contributed by atoms with van der Waals surface area (Å²) in [5, 5.41) is 11.1. The lowest BCUT2D eigenvalue weighted by Crippen LogP contribution is -1.85. The van der Waals surface area contributed by atoms with Crippen molar-refractivity contribution in [3.05, 3.63) is 24.4 Å². The monoisotopic (exact) mass is 168 g/mol. The van der Waals surface area contributed by atoms with Gasteiger partial charge in [0.15, 0.2) is 0 Å². The minimum absolute atomic E-state index is 0.0137. The Kier molecular flexibility index (Phi) is 4.01. The maximum absolute atomic E-state index is 10.1. The lowest BCUT2D eigenvalue weighted by Gasteiger charge is -1.96. The molecule has 1 rings (SSSR count). The minimum atomic E-state index is 0.0137. The second-order valence-electron chi connectivity index (χ2n) is 2.07. The molecule has 1 radical (unpaired) electrons. The van der Waals surface area contributed by atoms with Crippen LogP contribution in [0.3, 0.4) is 0 Å². The molecule has 0 aliphatic carbocycles. The van der Waals surface area contributed by atoms with Crippen LogP contribution in [0.4, 0.5) is 0 Å². The summed E-state index contributed by atoms with van der Waals surface area (Å²) in [5.41, 5.74) is 0. The number of hydrogen-bond acceptors (Lipinski definition) is 2. The van der Waals surface area contributed by atoms with Crippen molar-refractivity contribution < 1.29 is 5.11 Å². The topological polar surface area (TPSA) is 32.8 Å². The molecule has 0 saturated carbocycles. The zero-order chi connectivity index (χ0) is 7.94. The lowest BCUT2D eigenvalue weighted by molar-refractivity contribution is 0.194. The van der Waals surface area contributed by atoms with E-state index < -0.39 is 0 Å². The Balaban J connectivity index is 2.28. The van der Waals surface area contributed by atoms with Gasteiger partial charge in [-0.15, -0.1) is 11.8 Å². The molecule has 3 heteroatoms. The highest BCUT2D eigenvalue weighted by Gasteiger charge is 1.92. The fourth-order valence-corrected chi connectivity index (χ4v) is 1.45. The standard InChI is InChI=1S/C8H10NOS/c10-6-3-7-11-8-4-1-2-5-9-8/h1-2,4-5H,3,6-7H2. The molecule has 0 aliphatic heterocycles. The maximum Gasteiger partial charge on any atom is 0.0959 e. The van der Waals surface area contributed by atoms with Crippen molar-refractivity contribution in [3.8, 4) is 0 Å². The third-order valence-electron chi connectivity index (χ3n) is 1.18. The minimum Gasteiger partial charge on any atom is -0.250 e. The Hall–Kier alpha value is -0.540. The first-order chi connectivity index (χ1) is 5.43. The molecule has 0 bridgehead atoms. The van der Waals surface area contributed by atoms with Gasteiger partial charge in [-0.2, -0.15) is 0 Å². The molecule has 1 aromatic rings. The number of rotatable bonds is 4. The largest absolute Gasteiger partial charge is 0.250 e. The Labute approximate surface area is 70.7 Å². The summed E-state index contributed by atoms with van der Waals surface area (Å²) in [6.45, 7) is 0.0137. The van der Waals surface area contributed by atoms with Gasteiger partial charge < -0.3 is 0 Å². The van der Waals surface area contributed by atoms with E-state index in [1.165, 1.54) is 0 Å². The van der Waals surface area contributed by atoms with Crippen molar-refractivity contribution in [1.82, 2.24) is 4.98 Å². The predicted octanol–water partition coefficient (Wildman–Crippen LogP) is 1.99. The zero-order valence-corrected chi connectivity index (χ0v) is 7.01. The number of nitrogens with zero attached hydrogens (tertiary/aromatic N) is 1. The molecular weight excluding hydrogens is 158 g/mol. The van der Waals surface area contributed by atoms with E-state index in [4.69, 9.17) is 0 Å². The Morgan fingerprint density at radius 2 is 2.36 bits per heavy atom. The van der Waals surface area contributed by atoms with Crippen molar-refractivity contribution in [1.29, 1.82) is 0 Å². The highest BCUT2D eigenvalue weighted by molar-refractivity contribution is 7.99. The van der Waals surface area contributed by atoms with E-state index in [9.17, 15) is 5.11 Å². The molecule has 59 valence electrons. The Bertz CT molecular complexity index is 191. The summed E-state index contributed by atoms with van der Waals surface area (Å²) in [5.74, 6) is 0.876. The molecule has 11 heavy (non-hydrogen) atoms. The highest BCUT2D eigenvalue weighted by atomic mass is 32.2. The summed E-state index contributed by atoms with van der Waals surface area (Å²) in [6, 6.07) is 5.79. The summed E-state index contributed by atoms with van der Waals surface area (Å²) >= 11 is 1.63. The van der Waals surface area contributed by atoms with Crippen LogP contribution in [0.2, 0.25) is 0 Å². The highest BCUT2D eigenvalue weighted by Crippen LogP contribution is 2.14. The predicted molar refractivity (Wildman–Crippen MR) is 45.1 cm³/mol. The molecule has 0 saturated heterocycles. The van der Waals surface area contributed by atoms with Gasteiger partial charge in [0.2, 0.25) is 0 Å². The van der Waals surface area contributed by atoms with E-state index >= 15 is 0 Å². The molecule has 0 amide bonds. The molecule has 0 aliphatic rings. The Morgan fingerprint density at radius 1 is 1.45 bits per heavy atom. The van der Waals surface area contributed by atoms with Gasteiger partial charge in [-0.1, -0.05) is 6.07 Å². The average molecular weight is 168 g/mol. The summed E-state index contributed by atoms with van der Waals surface area (Å²) in [6.07, 6.45) is 2.49. The van der Waals surface area contributed by atoms with Crippen LogP contribution in [0.5, 0.6) is 0 Å². The second-order valence-corrected chi connectivity index (χ2v) is 3.19. The van der Waals surface area contributed by atoms with Gasteiger partial charge in [-0.05, 0) is 18.6 Å². The Morgan fingerprint density at radius 3 is 3.00 bits per heavy atom. The average Bonchev–Trinajstić information content (AvgIpc) is 2.07. The van der Waals surface area contributed by atoms with E-state index in [0.29, 0.717) is 0 Å². The van der Waals surface area contributed by atoms with Crippen molar-refractivity contribution in [2.24, 2.45) is 0 Å². The molecule has 0 spiro atoms. The van der Waals surface area contributed by atoms with Crippen molar-refractivity contribution in [2.75, 3.05) is 12.4 Å². The molecule has 0 atom stereocenters. The lowest BCUT2D eigenvalue weighted by atomic mass is 10.5. The number of hydrogen-bond donors (Lipinski definition) is 0. The first-order valence-corrected chi connectivity index (χ1v) is 4.54. The zero-order valence-electron chi connectivity index (χ0n) is 6.19. The molecule has 1 aromatic heterocycles. The molecule has 1 heterocycles. The molecular formula is C8H10NOS. The van der Waals surface area contributed by atoms with Crippen LogP contribution < -0.4 is 0 Å². The van der Waals surface area contributed by atoms with Crippen LogP contribution in [0.25, 0.3) is 0 Å². The summed E-state index contributed by atoms with van der Waals surface area (Å²) < 4.78 is 0. The molecule has 2 nitrogen and oxygen atoms in total. The van der Waals surface area contributed by atoms with Gasteiger partial charge >= 0.3 is 0 Å². The SMILES string of the molecule is [O]CCCSc1ccccn1.